The number of pyridine rings is 1. The number of aromatic nitrogens is 1. The van der Waals surface area contributed by atoms with E-state index in [0.29, 0.717) is 16.9 Å². The third-order valence-electron chi connectivity index (χ3n) is 5.94. The second-order valence-electron chi connectivity index (χ2n) is 9.09. The summed E-state index contributed by atoms with van der Waals surface area (Å²) in [6, 6.07) is 12.2. The van der Waals surface area contributed by atoms with Gasteiger partial charge in [0.15, 0.2) is 0 Å². The monoisotopic (exact) mass is 416 g/mol. The Labute approximate surface area is 181 Å². The zero-order valence-corrected chi connectivity index (χ0v) is 18.1. The maximum Gasteiger partial charge on any atom is 0.240 e. The van der Waals surface area contributed by atoms with E-state index >= 15 is 0 Å². The Morgan fingerprint density at radius 1 is 1.06 bits per heavy atom. The molecule has 0 radical (unpaired) electrons. The molecule has 0 bridgehead atoms. The molecule has 3 heterocycles. The number of aliphatic hydroxyl groups is 1. The number of nitrogens with zero attached hydrogens (tertiary/aromatic N) is 1. The molecule has 5 rings (SSSR count). The highest BCUT2D eigenvalue weighted by atomic mass is 19.1. The van der Waals surface area contributed by atoms with Gasteiger partial charge in [-0.15, -0.1) is 0 Å². The van der Waals surface area contributed by atoms with Crippen LogP contribution in [0.1, 0.15) is 43.2 Å². The lowest BCUT2D eigenvalue weighted by Crippen LogP contribution is -2.41. The van der Waals surface area contributed by atoms with Gasteiger partial charge in [-0.1, -0.05) is 12.1 Å². The molecule has 2 aliphatic rings. The zero-order chi connectivity index (χ0) is 22.0. The van der Waals surface area contributed by atoms with Gasteiger partial charge in [0, 0.05) is 40.7 Å². The SMILES string of the molecule is CC1=CC(C)(C)Nc2ccc3c(c21)C(O)(Cc1ccnc(C)c1)Oc1ccc(F)cc1-3. The van der Waals surface area contributed by atoms with Gasteiger partial charge in [-0.3, -0.25) is 4.98 Å². The van der Waals surface area contributed by atoms with Crippen LogP contribution in [-0.4, -0.2) is 15.6 Å². The van der Waals surface area contributed by atoms with Crippen LogP contribution in [0.15, 0.2) is 54.7 Å². The number of hydrogen-bond donors (Lipinski definition) is 2. The summed E-state index contributed by atoms with van der Waals surface area (Å²) in [5.41, 5.74) is 6.52. The summed E-state index contributed by atoms with van der Waals surface area (Å²) < 4.78 is 20.4. The van der Waals surface area contributed by atoms with Crippen molar-refractivity contribution in [3.05, 3.63) is 82.9 Å². The van der Waals surface area contributed by atoms with Crippen molar-refractivity contribution in [2.45, 2.75) is 45.4 Å². The number of rotatable bonds is 2. The quantitative estimate of drug-likeness (QED) is 0.572. The molecule has 1 unspecified atom stereocenters. The summed E-state index contributed by atoms with van der Waals surface area (Å²) in [5.74, 6) is -1.49. The topological polar surface area (TPSA) is 54.4 Å². The Hall–Kier alpha value is -3.18. The van der Waals surface area contributed by atoms with Crippen molar-refractivity contribution in [3.63, 3.8) is 0 Å². The average molecular weight is 416 g/mol. The highest BCUT2D eigenvalue weighted by Gasteiger charge is 2.43. The third kappa shape index (κ3) is 3.29. The number of nitrogens with one attached hydrogen (secondary N) is 1. The molecule has 2 N–H and O–H groups in total. The van der Waals surface area contributed by atoms with Crippen molar-refractivity contribution in [2.75, 3.05) is 5.32 Å². The Morgan fingerprint density at radius 2 is 1.87 bits per heavy atom. The van der Waals surface area contributed by atoms with Crippen LogP contribution in [0.2, 0.25) is 0 Å². The minimum Gasteiger partial charge on any atom is -0.457 e. The second kappa shape index (κ2) is 6.66. The summed E-state index contributed by atoms with van der Waals surface area (Å²) in [4.78, 5) is 4.26. The van der Waals surface area contributed by atoms with Crippen LogP contribution in [0, 0.1) is 12.7 Å². The van der Waals surface area contributed by atoms with E-state index in [1.54, 1.807) is 12.3 Å². The number of halogens is 1. The minimum absolute atomic E-state index is 0.217. The molecule has 4 nitrogen and oxygen atoms in total. The highest BCUT2D eigenvalue weighted by Crippen LogP contribution is 2.51. The Balaban J connectivity index is 1.77. The van der Waals surface area contributed by atoms with Crippen molar-refractivity contribution in [1.82, 2.24) is 4.98 Å². The third-order valence-corrected chi connectivity index (χ3v) is 5.94. The van der Waals surface area contributed by atoms with E-state index in [4.69, 9.17) is 4.74 Å². The van der Waals surface area contributed by atoms with E-state index in [2.05, 4.69) is 30.2 Å². The lowest BCUT2D eigenvalue weighted by Gasteiger charge is -2.41. The molecule has 0 saturated heterocycles. The van der Waals surface area contributed by atoms with Crippen molar-refractivity contribution in [1.29, 1.82) is 0 Å². The number of fused-ring (bicyclic) bond motifs is 5. The molecular formula is C26H25FN2O2. The standard InChI is InChI=1S/C26H25FN2O2/c1-15-13-25(3,4)29-21-7-6-19-20-12-18(27)5-8-22(20)31-26(30,24(19)23(15)21)14-17-9-10-28-16(2)11-17/h5-13,29-30H,14H2,1-4H3. The second-order valence-corrected chi connectivity index (χ2v) is 9.09. The molecule has 2 aromatic carbocycles. The molecule has 0 spiro atoms. The highest BCUT2D eigenvalue weighted by molar-refractivity contribution is 5.90. The van der Waals surface area contributed by atoms with Gasteiger partial charge in [0.25, 0.3) is 0 Å². The van der Waals surface area contributed by atoms with Gasteiger partial charge in [0.05, 0.1) is 5.54 Å². The van der Waals surface area contributed by atoms with Crippen LogP contribution in [-0.2, 0) is 12.2 Å². The van der Waals surface area contributed by atoms with Crippen LogP contribution < -0.4 is 10.1 Å². The predicted octanol–water partition coefficient (Wildman–Crippen LogP) is 5.58. The molecule has 2 aliphatic heterocycles. The molecule has 0 aliphatic carbocycles. The van der Waals surface area contributed by atoms with Crippen molar-refractivity contribution < 1.29 is 14.2 Å². The van der Waals surface area contributed by atoms with Gasteiger partial charge in [-0.25, -0.2) is 4.39 Å². The molecule has 5 heteroatoms. The fourth-order valence-electron chi connectivity index (χ4n) is 4.89. The molecule has 158 valence electrons. The van der Waals surface area contributed by atoms with E-state index in [1.807, 2.05) is 38.1 Å². The first-order chi connectivity index (χ1) is 14.7. The van der Waals surface area contributed by atoms with Gasteiger partial charge in [0.2, 0.25) is 5.79 Å². The van der Waals surface area contributed by atoms with Gasteiger partial charge in [-0.05, 0) is 80.8 Å². The fourth-order valence-corrected chi connectivity index (χ4v) is 4.89. The van der Waals surface area contributed by atoms with E-state index < -0.39 is 5.79 Å². The molecule has 3 aromatic rings. The number of ether oxygens (including phenoxy) is 1. The van der Waals surface area contributed by atoms with E-state index in [0.717, 1.165) is 33.6 Å². The lowest BCUT2D eigenvalue weighted by molar-refractivity contribution is -0.146. The normalized spacial score (nSPS) is 20.5. The van der Waals surface area contributed by atoms with E-state index in [9.17, 15) is 9.50 Å². The van der Waals surface area contributed by atoms with Crippen molar-refractivity contribution in [2.24, 2.45) is 0 Å². The summed E-state index contributed by atoms with van der Waals surface area (Å²) in [5, 5.41) is 15.5. The minimum atomic E-state index is -1.61. The van der Waals surface area contributed by atoms with Crippen LogP contribution in [0.5, 0.6) is 5.75 Å². The summed E-state index contributed by atoms with van der Waals surface area (Å²) in [6.07, 6.45) is 4.12. The number of benzene rings is 2. The molecule has 0 amide bonds. The number of aryl methyl sites for hydroxylation is 1. The van der Waals surface area contributed by atoms with Crippen LogP contribution in [0.3, 0.4) is 0 Å². The summed E-state index contributed by atoms with van der Waals surface area (Å²) in [6.45, 7) is 8.17. The summed E-state index contributed by atoms with van der Waals surface area (Å²) in [7, 11) is 0. The number of anilines is 1. The van der Waals surface area contributed by atoms with Gasteiger partial charge in [0.1, 0.15) is 11.6 Å². The van der Waals surface area contributed by atoms with Crippen LogP contribution >= 0.6 is 0 Å². The molecule has 0 saturated carbocycles. The zero-order valence-electron chi connectivity index (χ0n) is 18.1. The molecule has 31 heavy (non-hydrogen) atoms. The first-order valence-electron chi connectivity index (χ1n) is 10.4. The van der Waals surface area contributed by atoms with E-state index in [1.165, 1.54) is 12.1 Å². The van der Waals surface area contributed by atoms with Crippen molar-refractivity contribution >= 4 is 11.3 Å². The van der Waals surface area contributed by atoms with Gasteiger partial charge < -0.3 is 15.2 Å². The molecule has 1 aromatic heterocycles. The first-order valence-corrected chi connectivity index (χ1v) is 10.4. The maximum absolute atomic E-state index is 14.1. The average Bonchev–Trinajstić information content (AvgIpc) is 2.67. The summed E-state index contributed by atoms with van der Waals surface area (Å²) >= 11 is 0. The lowest BCUT2D eigenvalue weighted by atomic mass is 9.79. The molecule has 1 atom stereocenters. The van der Waals surface area contributed by atoms with Crippen LogP contribution in [0.25, 0.3) is 16.7 Å². The molecule has 0 fully saturated rings. The Kier molecular flexibility index (Phi) is 4.25. The van der Waals surface area contributed by atoms with Gasteiger partial charge >= 0.3 is 0 Å². The first kappa shape index (κ1) is 19.8. The predicted molar refractivity (Wildman–Crippen MR) is 120 cm³/mol. The van der Waals surface area contributed by atoms with E-state index in [-0.39, 0.29) is 17.8 Å². The maximum atomic E-state index is 14.1. The molecular weight excluding hydrogens is 391 g/mol. The van der Waals surface area contributed by atoms with Gasteiger partial charge in [-0.2, -0.15) is 0 Å². The smallest absolute Gasteiger partial charge is 0.240 e. The number of allylic oxidation sites excluding steroid dienone is 1. The van der Waals surface area contributed by atoms with Crippen molar-refractivity contribution in [3.8, 4) is 16.9 Å². The Morgan fingerprint density at radius 3 is 2.65 bits per heavy atom. The fraction of sp³-hybridized carbons (Fsp3) is 0.269. The Bertz CT molecular complexity index is 1250. The van der Waals surface area contributed by atoms with Crippen LogP contribution in [0.4, 0.5) is 10.1 Å². The number of hydrogen-bond acceptors (Lipinski definition) is 4. The largest absolute Gasteiger partial charge is 0.457 e.